The van der Waals surface area contributed by atoms with Gasteiger partial charge in [0.25, 0.3) is 0 Å². The van der Waals surface area contributed by atoms with E-state index in [4.69, 9.17) is 0 Å². The molecule has 0 radical (unpaired) electrons. The van der Waals surface area contributed by atoms with Crippen molar-refractivity contribution in [1.82, 2.24) is 0 Å². The molecule has 3 unspecified atom stereocenters. The molecule has 1 aromatic carbocycles. The molecule has 1 saturated carbocycles. The van der Waals surface area contributed by atoms with Crippen molar-refractivity contribution < 1.29 is 18.3 Å². The predicted octanol–water partition coefficient (Wildman–Crippen LogP) is 3.90. The van der Waals surface area contributed by atoms with Crippen LogP contribution in [-0.4, -0.2) is 12.4 Å². The molecule has 5 heteroatoms. The number of rotatable bonds is 5. The molecular weight excluding hydrogens is 276 g/mol. The van der Waals surface area contributed by atoms with Crippen molar-refractivity contribution in [3.8, 4) is 11.8 Å². The summed E-state index contributed by atoms with van der Waals surface area (Å²) in [5, 5.41) is 9.29. The predicted molar refractivity (Wildman–Crippen MR) is 72.9 cm³/mol. The van der Waals surface area contributed by atoms with E-state index in [1.54, 1.807) is 0 Å². The monoisotopic (exact) mass is 293 g/mol. The lowest BCUT2D eigenvalue weighted by Crippen LogP contribution is -2.23. The molecule has 0 aliphatic heterocycles. The van der Waals surface area contributed by atoms with E-state index in [1.165, 1.54) is 24.3 Å². The van der Waals surface area contributed by atoms with E-state index in [0.717, 1.165) is 19.3 Å². The Bertz CT molecular complexity index is 536. The van der Waals surface area contributed by atoms with Gasteiger partial charge in [0, 0.05) is 5.92 Å². The summed E-state index contributed by atoms with van der Waals surface area (Å²) < 4.78 is 28.4. The smallest absolute Gasteiger partial charge is 0.387 e. The fourth-order valence-corrected chi connectivity index (χ4v) is 2.93. The van der Waals surface area contributed by atoms with E-state index in [1.807, 2.05) is 13.0 Å². The van der Waals surface area contributed by atoms with Gasteiger partial charge in [-0.25, -0.2) is 0 Å². The summed E-state index contributed by atoms with van der Waals surface area (Å²) >= 11 is 0. The molecule has 21 heavy (non-hydrogen) atoms. The number of carbonyl (C=O) groups is 1. The normalized spacial score (nSPS) is 22.8. The molecule has 0 aromatic heterocycles. The second kappa shape index (κ2) is 6.66. The van der Waals surface area contributed by atoms with Crippen molar-refractivity contribution in [2.45, 2.75) is 38.7 Å². The highest BCUT2D eigenvalue weighted by Crippen LogP contribution is 2.36. The van der Waals surface area contributed by atoms with Gasteiger partial charge in [-0.3, -0.25) is 4.79 Å². The second-order valence-corrected chi connectivity index (χ2v) is 5.43. The van der Waals surface area contributed by atoms with Crippen molar-refractivity contribution in [2.24, 2.45) is 11.8 Å². The van der Waals surface area contributed by atoms with Gasteiger partial charge in [0.15, 0.2) is 5.78 Å². The van der Waals surface area contributed by atoms with E-state index in [2.05, 4.69) is 4.74 Å². The number of carbonyl (C=O) groups excluding carboxylic acids is 1. The van der Waals surface area contributed by atoms with Gasteiger partial charge in [-0.15, -0.1) is 0 Å². The first-order valence-electron chi connectivity index (χ1n) is 7.01. The molecule has 3 nitrogen and oxygen atoms in total. The molecule has 2 rings (SSSR count). The van der Waals surface area contributed by atoms with E-state index in [-0.39, 0.29) is 17.5 Å². The summed E-state index contributed by atoms with van der Waals surface area (Å²) in [5.41, 5.74) is 0.531. The quantitative estimate of drug-likeness (QED) is 0.827. The highest BCUT2D eigenvalue weighted by atomic mass is 19.3. The fraction of sp³-hybridized carbons (Fsp3) is 0.500. The van der Waals surface area contributed by atoms with E-state index < -0.39 is 12.5 Å². The number of ether oxygens (including phenoxy) is 1. The third kappa shape index (κ3) is 3.57. The number of nitriles is 1. The van der Waals surface area contributed by atoms with Crippen molar-refractivity contribution in [2.75, 3.05) is 0 Å². The summed E-state index contributed by atoms with van der Waals surface area (Å²) in [4.78, 5) is 12.5. The first-order valence-corrected chi connectivity index (χ1v) is 7.01. The van der Waals surface area contributed by atoms with Gasteiger partial charge in [-0.2, -0.15) is 14.0 Å². The van der Waals surface area contributed by atoms with Crippen molar-refractivity contribution in [3.63, 3.8) is 0 Å². The van der Waals surface area contributed by atoms with E-state index in [0.29, 0.717) is 11.5 Å². The molecule has 0 saturated heterocycles. The number of benzene rings is 1. The number of nitrogens with zero attached hydrogens (tertiary/aromatic N) is 1. The zero-order valence-electron chi connectivity index (χ0n) is 11.8. The Morgan fingerprint density at radius 2 is 2.00 bits per heavy atom. The molecule has 0 N–H and O–H groups in total. The zero-order chi connectivity index (χ0) is 15.4. The molecule has 1 aliphatic carbocycles. The van der Waals surface area contributed by atoms with Crippen LogP contribution in [0.2, 0.25) is 0 Å². The molecule has 3 atom stereocenters. The largest absolute Gasteiger partial charge is 0.435 e. The average Bonchev–Trinajstić information content (AvgIpc) is 2.87. The van der Waals surface area contributed by atoms with Gasteiger partial charge < -0.3 is 4.74 Å². The summed E-state index contributed by atoms with van der Waals surface area (Å²) in [6, 6.07) is 7.76. The minimum atomic E-state index is -2.89. The highest BCUT2D eigenvalue weighted by molar-refractivity contribution is 5.90. The van der Waals surface area contributed by atoms with Crippen molar-refractivity contribution >= 4 is 5.78 Å². The molecular formula is C16H17F2NO2. The number of halogens is 2. The SMILES string of the molecule is CC1CCCC1C(=O)C(C#N)c1ccc(OC(F)F)cc1. The third-order valence-corrected chi connectivity index (χ3v) is 4.08. The van der Waals surface area contributed by atoms with Crippen molar-refractivity contribution in [1.29, 1.82) is 5.26 Å². The van der Waals surface area contributed by atoms with Crippen LogP contribution < -0.4 is 4.74 Å². The molecule has 1 fully saturated rings. The summed E-state index contributed by atoms with van der Waals surface area (Å²) in [5.74, 6) is -0.658. The van der Waals surface area contributed by atoms with Gasteiger partial charge in [0.05, 0.1) is 6.07 Å². The van der Waals surface area contributed by atoms with Gasteiger partial charge in [0.1, 0.15) is 11.7 Å². The second-order valence-electron chi connectivity index (χ2n) is 5.43. The standard InChI is InChI=1S/C16H17F2NO2/c1-10-3-2-4-13(10)15(20)14(9-19)11-5-7-12(8-6-11)21-16(17)18/h5-8,10,13-14,16H,2-4H2,1H3. The molecule has 1 aliphatic rings. The highest BCUT2D eigenvalue weighted by Gasteiger charge is 2.34. The summed E-state index contributed by atoms with van der Waals surface area (Å²) in [7, 11) is 0. The average molecular weight is 293 g/mol. The van der Waals surface area contributed by atoms with Crippen LogP contribution in [0.1, 0.15) is 37.7 Å². The van der Waals surface area contributed by atoms with Gasteiger partial charge >= 0.3 is 6.61 Å². The molecule has 0 spiro atoms. The Kier molecular flexibility index (Phi) is 4.89. The van der Waals surface area contributed by atoms with Crippen LogP contribution in [0.5, 0.6) is 5.75 Å². The third-order valence-electron chi connectivity index (χ3n) is 4.08. The molecule has 0 amide bonds. The Morgan fingerprint density at radius 1 is 1.33 bits per heavy atom. The maximum atomic E-state index is 12.5. The minimum Gasteiger partial charge on any atom is -0.435 e. The van der Waals surface area contributed by atoms with Gasteiger partial charge in [0.2, 0.25) is 0 Å². The number of Topliss-reactive ketones (excluding diaryl/α,β-unsaturated/α-hetero) is 1. The molecule has 1 aromatic rings. The van der Waals surface area contributed by atoms with E-state index in [9.17, 15) is 18.8 Å². The minimum absolute atomic E-state index is 0.0205. The molecule has 0 bridgehead atoms. The van der Waals surface area contributed by atoms with Crippen LogP contribution >= 0.6 is 0 Å². The van der Waals surface area contributed by atoms with Gasteiger partial charge in [-0.05, 0) is 36.5 Å². The Hall–Kier alpha value is -1.96. The Balaban J connectivity index is 2.14. The lowest BCUT2D eigenvalue weighted by atomic mass is 9.83. The molecule has 112 valence electrons. The number of hydrogen-bond donors (Lipinski definition) is 0. The van der Waals surface area contributed by atoms with Crippen LogP contribution in [0.4, 0.5) is 8.78 Å². The Morgan fingerprint density at radius 3 is 2.48 bits per heavy atom. The van der Waals surface area contributed by atoms with Crippen LogP contribution in [0.3, 0.4) is 0 Å². The maximum absolute atomic E-state index is 12.5. The topological polar surface area (TPSA) is 50.1 Å². The van der Waals surface area contributed by atoms with Crippen LogP contribution in [0.15, 0.2) is 24.3 Å². The van der Waals surface area contributed by atoms with Gasteiger partial charge in [-0.1, -0.05) is 25.5 Å². The zero-order valence-corrected chi connectivity index (χ0v) is 11.8. The molecule has 0 heterocycles. The van der Waals surface area contributed by atoms with Crippen LogP contribution in [0, 0.1) is 23.2 Å². The number of hydrogen-bond acceptors (Lipinski definition) is 3. The lowest BCUT2D eigenvalue weighted by Gasteiger charge is -2.18. The van der Waals surface area contributed by atoms with Crippen LogP contribution in [-0.2, 0) is 4.79 Å². The number of alkyl halides is 2. The Labute approximate surface area is 122 Å². The summed E-state index contributed by atoms with van der Waals surface area (Å²) in [6.07, 6.45) is 2.84. The fourth-order valence-electron chi connectivity index (χ4n) is 2.93. The first-order chi connectivity index (χ1) is 10.0. The van der Waals surface area contributed by atoms with E-state index >= 15 is 0 Å². The first kappa shape index (κ1) is 15.4. The lowest BCUT2D eigenvalue weighted by molar-refractivity contribution is -0.124. The number of ketones is 1. The maximum Gasteiger partial charge on any atom is 0.387 e. The van der Waals surface area contributed by atoms with Crippen molar-refractivity contribution in [3.05, 3.63) is 29.8 Å². The summed E-state index contributed by atoms with van der Waals surface area (Å²) in [6.45, 7) is -0.854. The van der Waals surface area contributed by atoms with Crippen LogP contribution in [0.25, 0.3) is 0 Å².